The Morgan fingerprint density at radius 3 is 2.61 bits per heavy atom. The van der Waals surface area contributed by atoms with Crippen molar-refractivity contribution in [3.8, 4) is 17.1 Å². The van der Waals surface area contributed by atoms with Gasteiger partial charge < -0.3 is 19.6 Å². The van der Waals surface area contributed by atoms with Crippen LogP contribution in [0, 0.1) is 5.82 Å². The molecule has 0 aliphatic carbocycles. The van der Waals surface area contributed by atoms with E-state index in [1.807, 2.05) is 48.7 Å². The van der Waals surface area contributed by atoms with Gasteiger partial charge in [-0.1, -0.05) is 22.0 Å². The lowest BCUT2D eigenvalue weighted by Gasteiger charge is -2.23. The lowest BCUT2D eigenvalue weighted by atomic mass is 10.1. The van der Waals surface area contributed by atoms with E-state index >= 15 is 0 Å². The quantitative estimate of drug-likeness (QED) is 0.309. The van der Waals surface area contributed by atoms with Crippen LogP contribution in [0.5, 0.6) is 0 Å². The van der Waals surface area contributed by atoms with E-state index in [4.69, 9.17) is 9.84 Å². The van der Waals surface area contributed by atoms with Gasteiger partial charge in [0.05, 0.1) is 28.6 Å². The Morgan fingerprint density at radius 2 is 1.84 bits per heavy atom. The zero-order valence-corrected chi connectivity index (χ0v) is 21.8. The molecule has 0 unspecified atom stereocenters. The van der Waals surface area contributed by atoms with Gasteiger partial charge in [-0.15, -0.1) is 0 Å². The molecule has 38 heavy (non-hydrogen) atoms. The van der Waals surface area contributed by atoms with Gasteiger partial charge in [-0.3, -0.25) is 9.78 Å². The van der Waals surface area contributed by atoms with E-state index < -0.39 is 18.1 Å². The van der Waals surface area contributed by atoms with Crippen LogP contribution in [0.2, 0.25) is 0 Å². The SMILES string of the molecule is C[C@H]1O[C@@H](c2cn(-c3ccc(Br)cc3)nc2-c2ccc(F)cn2)N(CCc2ccc3[nH]c(=O)[nH]c3c2)C1=O. The van der Waals surface area contributed by atoms with Gasteiger partial charge in [-0.25, -0.2) is 13.9 Å². The fourth-order valence-corrected chi connectivity index (χ4v) is 4.90. The zero-order chi connectivity index (χ0) is 26.4. The number of benzene rings is 2. The van der Waals surface area contributed by atoms with E-state index in [1.165, 1.54) is 6.07 Å². The average molecular weight is 577 g/mol. The highest BCUT2D eigenvalue weighted by Gasteiger charge is 2.40. The first-order chi connectivity index (χ1) is 18.4. The molecule has 0 radical (unpaired) electrons. The summed E-state index contributed by atoms with van der Waals surface area (Å²) in [5.74, 6) is -0.591. The highest BCUT2D eigenvalue weighted by molar-refractivity contribution is 9.10. The number of H-pyrrole nitrogens is 2. The smallest absolute Gasteiger partial charge is 0.323 e. The van der Waals surface area contributed by atoms with Crippen molar-refractivity contribution in [3.05, 3.63) is 98.9 Å². The van der Waals surface area contributed by atoms with E-state index in [9.17, 15) is 14.0 Å². The van der Waals surface area contributed by atoms with Gasteiger partial charge in [0.1, 0.15) is 17.6 Å². The number of nitrogens with zero attached hydrogens (tertiary/aromatic N) is 4. The Labute approximate surface area is 224 Å². The highest BCUT2D eigenvalue weighted by atomic mass is 79.9. The molecule has 1 aliphatic heterocycles. The van der Waals surface area contributed by atoms with Crippen LogP contribution in [0.15, 0.2) is 76.3 Å². The topological polar surface area (TPSA) is 109 Å². The second-order valence-electron chi connectivity index (χ2n) is 9.09. The van der Waals surface area contributed by atoms with Gasteiger partial charge in [0, 0.05) is 22.8 Å². The molecule has 3 aromatic heterocycles. The normalized spacial score (nSPS) is 17.6. The lowest BCUT2D eigenvalue weighted by Crippen LogP contribution is -2.32. The number of amides is 1. The minimum Gasteiger partial charge on any atom is -0.341 e. The Morgan fingerprint density at radius 1 is 1.05 bits per heavy atom. The molecule has 1 saturated heterocycles. The van der Waals surface area contributed by atoms with E-state index in [-0.39, 0.29) is 11.6 Å². The van der Waals surface area contributed by atoms with Crippen molar-refractivity contribution in [1.82, 2.24) is 29.6 Å². The number of pyridine rings is 1. The molecule has 0 saturated carbocycles. The van der Waals surface area contributed by atoms with Crippen LogP contribution in [0.3, 0.4) is 0 Å². The number of hydrogen-bond acceptors (Lipinski definition) is 5. The standard InChI is InChI=1S/C27H22BrFN6O3/c1-15-25(36)34(11-10-16-2-8-21-23(12-16)32-27(37)31-21)26(38-15)20-14-35(19-6-3-17(28)4-7-19)33-24(20)22-9-5-18(29)13-30-22/h2-9,12-15,26H,10-11H2,1H3,(H2,31,32,37)/t15-,26+/m1/s1. The average Bonchev–Trinajstić information content (AvgIpc) is 3.58. The van der Waals surface area contributed by atoms with Gasteiger partial charge >= 0.3 is 5.69 Å². The van der Waals surface area contributed by atoms with Gasteiger partial charge in [0.2, 0.25) is 0 Å². The fraction of sp³-hybridized carbons (Fsp3) is 0.185. The molecule has 1 aliphatic rings. The lowest BCUT2D eigenvalue weighted by molar-refractivity contribution is -0.130. The Balaban J connectivity index is 1.36. The number of aromatic nitrogens is 5. The summed E-state index contributed by atoms with van der Waals surface area (Å²) in [6, 6.07) is 16.2. The van der Waals surface area contributed by atoms with Crippen molar-refractivity contribution >= 4 is 32.9 Å². The largest absolute Gasteiger partial charge is 0.341 e. The van der Waals surface area contributed by atoms with Crippen molar-refractivity contribution in [2.45, 2.75) is 25.7 Å². The maximum Gasteiger partial charge on any atom is 0.323 e. The minimum atomic E-state index is -0.709. The fourth-order valence-electron chi connectivity index (χ4n) is 4.64. The molecular formula is C27H22BrFN6O3. The monoisotopic (exact) mass is 576 g/mol. The number of rotatable bonds is 6. The number of hydrogen-bond donors (Lipinski definition) is 2. The number of fused-ring (bicyclic) bond motifs is 1. The summed E-state index contributed by atoms with van der Waals surface area (Å²) in [6.45, 7) is 2.11. The molecule has 1 amide bonds. The van der Waals surface area contributed by atoms with Crippen LogP contribution in [0.4, 0.5) is 4.39 Å². The van der Waals surface area contributed by atoms with Crippen molar-refractivity contribution in [2.75, 3.05) is 6.54 Å². The van der Waals surface area contributed by atoms with Crippen molar-refractivity contribution in [2.24, 2.45) is 0 Å². The van der Waals surface area contributed by atoms with Crippen LogP contribution < -0.4 is 5.69 Å². The summed E-state index contributed by atoms with van der Waals surface area (Å²) < 4.78 is 22.4. The molecule has 9 nitrogen and oxygen atoms in total. The Kier molecular flexibility index (Phi) is 6.16. The number of ether oxygens (including phenoxy) is 1. The predicted octanol–water partition coefficient (Wildman–Crippen LogP) is 4.49. The number of carbonyl (C=O) groups is 1. The summed E-state index contributed by atoms with van der Waals surface area (Å²) in [7, 11) is 0. The molecule has 2 aromatic carbocycles. The minimum absolute atomic E-state index is 0.138. The van der Waals surface area contributed by atoms with Gasteiger partial charge in [-0.2, -0.15) is 5.10 Å². The van der Waals surface area contributed by atoms with Crippen LogP contribution >= 0.6 is 15.9 Å². The maximum absolute atomic E-state index is 13.6. The van der Waals surface area contributed by atoms with Crippen LogP contribution in [-0.2, 0) is 16.0 Å². The predicted molar refractivity (Wildman–Crippen MR) is 142 cm³/mol. The molecule has 11 heteroatoms. The molecule has 5 aromatic rings. The van der Waals surface area contributed by atoms with Gasteiger partial charge in [-0.05, 0) is 67.4 Å². The van der Waals surface area contributed by atoms with E-state index in [1.54, 1.807) is 22.6 Å². The zero-order valence-electron chi connectivity index (χ0n) is 20.2. The van der Waals surface area contributed by atoms with E-state index in [2.05, 4.69) is 30.9 Å². The number of nitrogens with one attached hydrogen (secondary N) is 2. The summed E-state index contributed by atoms with van der Waals surface area (Å²) in [5.41, 5.74) is 4.55. The summed E-state index contributed by atoms with van der Waals surface area (Å²) >= 11 is 3.45. The summed E-state index contributed by atoms with van der Waals surface area (Å²) in [6.07, 6.45) is 2.16. The van der Waals surface area contributed by atoms with Gasteiger partial charge in [0.15, 0.2) is 6.23 Å². The molecule has 1 fully saturated rings. The molecule has 2 atom stereocenters. The van der Waals surface area contributed by atoms with Crippen molar-refractivity contribution in [1.29, 1.82) is 0 Å². The van der Waals surface area contributed by atoms with Crippen LogP contribution in [0.25, 0.3) is 28.1 Å². The summed E-state index contributed by atoms with van der Waals surface area (Å²) in [5, 5.41) is 4.76. The van der Waals surface area contributed by atoms with Gasteiger partial charge in [0.25, 0.3) is 5.91 Å². The Bertz CT molecular complexity index is 1690. The number of carbonyl (C=O) groups excluding carboxylic acids is 1. The number of aromatic amines is 2. The van der Waals surface area contributed by atoms with E-state index in [0.717, 1.165) is 27.4 Å². The first-order valence-corrected chi connectivity index (χ1v) is 12.8. The molecule has 2 N–H and O–H groups in total. The third-order valence-electron chi connectivity index (χ3n) is 6.54. The van der Waals surface area contributed by atoms with Crippen LogP contribution in [-0.4, -0.2) is 48.2 Å². The third kappa shape index (κ3) is 4.54. The second-order valence-corrected chi connectivity index (χ2v) is 10.0. The molecule has 0 bridgehead atoms. The van der Waals surface area contributed by atoms with Crippen LogP contribution in [0.1, 0.15) is 24.3 Å². The van der Waals surface area contributed by atoms with E-state index in [0.29, 0.717) is 35.4 Å². The first-order valence-electron chi connectivity index (χ1n) is 12.0. The number of halogens is 2. The third-order valence-corrected chi connectivity index (χ3v) is 7.07. The molecule has 192 valence electrons. The maximum atomic E-state index is 13.6. The molecular weight excluding hydrogens is 555 g/mol. The highest BCUT2D eigenvalue weighted by Crippen LogP contribution is 2.37. The first kappa shape index (κ1) is 24.3. The second kappa shape index (κ2) is 9.66. The molecule has 0 spiro atoms. The number of imidazole rings is 1. The molecule has 4 heterocycles. The summed E-state index contributed by atoms with van der Waals surface area (Å²) in [4.78, 5) is 36.2. The van der Waals surface area contributed by atoms with Crippen molar-refractivity contribution < 1.29 is 13.9 Å². The molecule has 6 rings (SSSR count). The van der Waals surface area contributed by atoms with Crippen molar-refractivity contribution in [3.63, 3.8) is 0 Å². The Hall–Kier alpha value is -4.09.